The molecule has 12 nitrogen and oxygen atoms in total. The van der Waals surface area contributed by atoms with Crippen LogP contribution in [-0.2, 0) is 35.3 Å². The number of allylic oxidation sites excluding steroid dienone is 3. The molecule has 0 amide bonds. The second-order valence-electron chi connectivity index (χ2n) is 25.5. The molecular weight excluding hydrogens is 985 g/mol. The number of benzene rings is 3. The lowest BCUT2D eigenvalue weighted by atomic mass is 9.52. The Morgan fingerprint density at radius 2 is 1.73 bits per heavy atom. The van der Waals surface area contributed by atoms with Gasteiger partial charge in [-0.3, -0.25) is 9.59 Å². The topological polar surface area (TPSA) is 190 Å². The third kappa shape index (κ3) is 13.2. The zero-order valence-corrected chi connectivity index (χ0v) is 47.5. The van der Waals surface area contributed by atoms with Crippen molar-refractivity contribution in [2.75, 3.05) is 53.5 Å². The van der Waals surface area contributed by atoms with Crippen LogP contribution >= 0.6 is 0 Å². The molecule has 5 fully saturated rings. The summed E-state index contributed by atoms with van der Waals surface area (Å²) >= 11 is 0. The molecule has 3 aromatic carbocycles. The van der Waals surface area contributed by atoms with E-state index in [4.69, 9.17) is 10.5 Å². The van der Waals surface area contributed by atoms with E-state index in [1.54, 1.807) is 12.1 Å². The number of fused-ring (bicyclic) bond motifs is 4. The van der Waals surface area contributed by atoms with Crippen molar-refractivity contribution in [3.8, 4) is 11.5 Å². The van der Waals surface area contributed by atoms with Crippen LogP contribution in [0.25, 0.3) is 5.57 Å². The Bertz CT molecular complexity index is 2720. The van der Waals surface area contributed by atoms with E-state index in [1.165, 1.54) is 62.0 Å². The van der Waals surface area contributed by atoms with Crippen LogP contribution in [0.5, 0.6) is 11.5 Å². The number of nitrogens with one attached hydrogen (secondary N) is 5. The molecule has 13 atom stereocenters. The molecule has 79 heavy (non-hydrogen) atoms. The number of methoxy groups -OCH3 is 1. The number of carbonyl (C=O) groups is 2. The van der Waals surface area contributed by atoms with Crippen molar-refractivity contribution in [3.63, 3.8) is 0 Å². The zero-order chi connectivity index (χ0) is 55.1. The number of nitrogens with two attached hydrogens (primary N) is 1. The molecule has 7 aliphatic rings. The Labute approximate surface area is 471 Å². The van der Waals surface area contributed by atoms with E-state index < -0.39 is 12.7 Å². The summed E-state index contributed by atoms with van der Waals surface area (Å²) < 4.78 is 5.59. The summed E-state index contributed by atoms with van der Waals surface area (Å²) in [6.07, 6.45) is 24.9. The number of ketones is 2. The van der Waals surface area contributed by atoms with Gasteiger partial charge in [-0.05, 0) is 251 Å². The standard InChI is InChI=1S/C67H92N6O6/c1-43(75)38-72-63-37-66(36-59-57-21-24-70-40-53(57)27-50-13-8-23-71-65(50)59)34-47(17-19-62(66)67(63)22-20-48(35-67)39-69-2)26-55(76)32-56(77)29-54(42-74)58-33-61(79-3)60(78)30-51(58)28-52-41-73-64(68)31-49(52)18-16-46-12-7-11-45(25-46)15-14-44-9-5-4-6-10-44/h4-13,25,29-31,33,41,43,47-48,50,53,57,59,62-65,69-75,78H,14-24,26-28,32,34-40,42,68H2,1-3H3. The fourth-order valence-electron chi connectivity index (χ4n) is 17.1. The van der Waals surface area contributed by atoms with Crippen molar-refractivity contribution in [1.82, 2.24) is 26.6 Å². The highest BCUT2D eigenvalue weighted by molar-refractivity contribution is 6.07. The van der Waals surface area contributed by atoms with Crippen molar-refractivity contribution in [1.29, 1.82) is 0 Å². The fourth-order valence-corrected chi connectivity index (χ4v) is 17.1. The van der Waals surface area contributed by atoms with Crippen molar-refractivity contribution >= 4 is 17.1 Å². The minimum absolute atomic E-state index is 0.0400. The number of rotatable bonds is 23. The molecule has 1 saturated heterocycles. The van der Waals surface area contributed by atoms with Crippen LogP contribution in [0.2, 0.25) is 0 Å². The van der Waals surface area contributed by atoms with Gasteiger partial charge in [0.15, 0.2) is 17.3 Å². The van der Waals surface area contributed by atoms with Gasteiger partial charge in [0.25, 0.3) is 0 Å². The van der Waals surface area contributed by atoms with E-state index in [0.29, 0.717) is 83.7 Å². The van der Waals surface area contributed by atoms with Crippen molar-refractivity contribution in [2.24, 2.45) is 58.0 Å². The molecular formula is C67H92N6O6. The number of hydrogen-bond donors (Lipinski definition) is 9. The Hall–Kier alpha value is -4.92. The molecule has 10 N–H and O–H groups in total. The minimum Gasteiger partial charge on any atom is -0.504 e. The van der Waals surface area contributed by atoms with Gasteiger partial charge in [-0.25, -0.2) is 0 Å². The predicted octanol–water partition coefficient (Wildman–Crippen LogP) is 8.28. The highest BCUT2D eigenvalue weighted by atomic mass is 16.5. The number of Topliss-reactive ketones (excluding diaryl/α,β-unsaturated/α-hetero) is 1. The molecule has 1 spiro atoms. The molecule has 3 aromatic rings. The zero-order valence-electron chi connectivity index (χ0n) is 47.5. The molecule has 13 unspecified atom stereocenters. The molecule has 4 saturated carbocycles. The quantitative estimate of drug-likeness (QED) is 0.0252. The monoisotopic (exact) mass is 1080 g/mol. The van der Waals surface area contributed by atoms with E-state index in [1.807, 2.05) is 19.2 Å². The number of ether oxygens (including phenoxy) is 1. The van der Waals surface area contributed by atoms with E-state index in [2.05, 4.69) is 100 Å². The van der Waals surface area contributed by atoms with Gasteiger partial charge in [0.2, 0.25) is 0 Å². The third-order valence-electron chi connectivity index (χ3n) is 20.3. The number of hydrogen-bond acceptors (Lipinski definition) is 12. The maximum Gasteiger partial charge on any atom is 0.163 e. The molecule has 0 radical (unpaired) electrons. The van der Waals surface area contributed by atoms with Gasteiger partial charge in [0, 0.05) is 37.8 Å². The van der Waals surface area contributed by atoms with Crippen molar-refractivity contribution < 1.29 is 29.6 Å². The van der Waals surface area contributed by atoms with Crippen molar-refractivity contribution in [2.45, 2.75) is 140 Å². The summed E-state index contributed by atoms with van der Waals surface area (Å²) in [5, 5.41) is 51.5. The lowest BCUT2D eigenvalue weighted by molar-refractivity contribution is -0.126. The van der Waals surface area contributed by atoms with E-state index in [9.17, 15) is 24.9 Å². The summed E-state index contributed by atoms with van der Waals surface area (Å²) in [5.74, 6) is 3.54. The molecule has 0 bridgehead atoms. The molecule has 426 valence electrons. The molecule has 3 aliphatic heterocycles. The first-order valence-electron chi connectivity index (χ1n) is 30.3. The largest absolute Gasteiger partial charge is 0.504 e. The summed E-state index contributed by atoms with van der Waals surface area (Å²) in [7, 11) is 3.57. The van der Waals surface area contributed by atoms with E-state index in [-0.39, 0.29) is 52.4 Å². The highest BCUT2D eigenvalue weighted by Gasteiger charge is 2.65. The normalized spacial score (nSPS) is 31.6. The first-order valence-corrected chi connectivity index (χ1v) is 30.3. The van der Waals surface area contributed by atoms with Gasteiger partial charge < -0.3 is 52.4 Å². The van der Waals surface area contributed by atoms with Gasteiger partial charge in [0.05, 0.1) is 32.4 Å². The number of aliphatic hydroxyl groups excluding tert-OH is 2. The van der Waals surface area contributed by atoms with Crippen LogP contribution in [0.4, 0.5) is 0 Å². The lowest BCUT2D eigenvalue weighted by Gasteiger charge is -2.55. The summed E-state index contributed by atoms with van der Waals surface area (Å²) in [6, 6.07) is 23.5. The number of aliphatic hydroxyl groups is 2. The average Bonchev–Trinajstić information content (AvgIpc) is 3.61. The molecule has 12 heteroatoms. The highest BCUT2D eigenvalue weighted by Crippen LogP contribution is 2.70. The van der Waals surface area contributed by atoms with Crippen LogP contribution in [0.3, 0.4) is 0 Å². The van der Waals surface area contributed by atoms with Gasteiger partial charge in [-0.2, -0.15) is 0 Å². The van der Waals surface area contributed by atoms with Crippen molar-refractivity contribution in [3.05, 3.63) is 136 Å². The third-order valence-corrected chi connectivity index (χ3v) is 20.3. The Balaban J connectivity index is 0.856. The SMILES string of the molecule is CNCC1CCC2(C1)C(NCC(C)O)CC1(CC3C4CCNCC4CC4C=CCNC43)CC(CC(=O)CC(=O)C=C(CO)c3cc(OC)c(O)cc3CC3=CNC(N)C=C3CCc3cccc(CCc4ccccc4)c3)CCC12. The number of aromatic hydroxyl groups is 1. The van der Waals surface area contributed by atoms with Crippen LogP contribution in [0, 0.1) is 52.3 Å². The van der Waals surface area contributed by atoms with Crippen LogP contribution < -0.4 is 37.1 Å². The van der Waals surface area contributed by atoms with Crippen LogP contribution in [0.15, 0.2) is 108 Å². The van der Waals surface area contributed by atoms with Gasteiger partial charge >= 0.3 is 0 Å². The number of phenolic OH excluding ortho intramolecular Hbond substituents is 1. The summed E-state index contributed by atoms with van der Waals surface area (Å²) in [6.45, 7) is 6.16. The summed E-state index contributed by atoms with van der Waals surface area (Å²) in [4.78, 5) is 28.7. The molecule has 0 aromatic heterocycles. The van der Waals surface area contributed by atoms with Gasteiger partial charge in [-0.1, -0.05) is 66.7 Å². The number of phenols is 1. The Kier molecular flexibility index (Phi) is 18.8. The number of piperidine rings is 1. The van der Waals surface area contributed by atoms with E-state index >= 15 is 0 Å². The molecule has 3 heterocycles. The average molecular weight is 1080 g/mol. The van der Waals surface area contributed by atoms with Gasteiger partial charge in [0.1, 0.15) is 5.78 Å². The van der Waals surface area contributed by atoms with Crippen LogP contribution in [-0.4, -0.2) is 105 Å². The maximum absolute atomic E-state index is 14.4. The Morgan fingerprint density at radius 1 is 0.937 bits per heavy atom. The summed E-state index contributed by atoms with van der Waals surface area (Å²) in [5.41, 5.74) is 14.3. The van der Waals surface area contributed by atoms with E-state index in [0.717, 1.165) is 95.1 Å². The first kappa shape index (κ1) is 57.3. The number of carbonyl (C=O) groups excluding carboxylic acids is 2. The molecule has 4 aliphatic carbocycles. The van der Waals surface area contributed by atoms with Gasteiger partial charge in [-0.15, -0.1) is 0 Å². The second kappa shape index (κ2) is 25.9. The molecule has 10 rings (SSSR count). The number of dihydropyridines is 1. The predicted molar refractivity (Wildman–Crippen MR) is 315 cm³/mol. The lowest BCUT2D eigenvalue weighted by Crippen LogP contribution is -2.57. The fraction of sp³-hybridized carbons (Fsp3) is 0.582. The smallest absolute Gasteiger partial charge is 0.163 e. The van der Waals surface area contributed by atoms with Crippen LogP contribution in [0.1, 0.15) is 118 Å². The first-order chi connectivity index (χ1) is 38.3. The minimum atomic E-state index is -0.439. The Morgan fingerprint density at radius 3 is 2.52 bits per heavy atom. The second-order valence-corrected chi connectivity index (χ2v) is 25.5. The maximum atomic E-state index is 14.4. The number of aryl methyl sites for hydroxylation is 3.